The predicted octanol–water partition coefficient (Wildman–Crippen LogP) is 5.25. The molecule has 4 N–H and O–H groups in total. The molecule has 1 aromatic rings. The van der Waals surface area contributed by atoms with E-state index in [2.05, 4.69) is 22.3 Å². The van der Waals surface area contributed by atoms with E-state index >= 15 is 0 Å². The van der Waals surface area contributed by atoms with Gasteiger partial charge in [0.1, 0.15) is 0 Å². The number of rotatable bonds is 11. The molecule has 1 aromatic carbocycles. The maximum Gasteiger partial charge on any atom is 0.406 e. The molecule has 4 atom stereocenters. The summed E-state index contributed by atoms with van der Waals surface area (Å²) in [6.45, 7) is 4.04. The number of nitrogens with two attached hydrogens (primary N) is 1. The van der Waals surface area contributed by atoms with Crippen LogP contribution in [0.5, 0.6) is 0 Å². The number of benzene rings is 1. The number of halogens is 1. The number of amides is 3. The summed E-state index contributed by atoms with van der Waals surface area (Å²) in [5, 5.41) is 6.60. The molecule has 8 nitrogen and oxygen atoms in total. The minimum atomic E-state index is -0.489. The van der Waals surface area contributed by atoms with Crippen LogP contribution in [0.4, 0.5) is 9.59 Å². The van der Waals surface area contributed by atoms with Crippen LogP contribution in [0.15, 0.2) is 24.3 Å². The van der Waals surface area contributed by atoms with Gasteiger partial charge in [-0.2, -0.15) is 0 Å². The first-order valence-corrected chi connectivity index (χ1v) is 14.3. The number of hydrogen-bond acceptors (Lipinski definition) is 5. The smallest absolute Gasteiger partial charge is 0.406 e. The van der Waals surface area contributed by atoms with Gasteiger partial charge < -0.3 is 30.7 Å². The lowest BCUT2D eigenvalue weighted by atomic mass is 9.83. The average Bonchev–Trinajstić information content (AvgIpc) is 2.92. The second kappa shape index (κ2) is 15.4. The molecule has 2 aliphatic rings. The third-order valence-corrected chi connectivity index (χ3v) is 8.05. The Labute approximate surface area is 227 Å². The van der Waals surface area contributed by atoms with Crippen molar-refractivity contribution in [2.45, 2.75) is 82.9 Å². The second-order valence-electron chi connectivity index (χ2n) is 10.5. The number of nitrogens with one attached hydrogen (secondary N) is 2. The minimum Gasteiger partial charge on any atom is -0.453 e. The van der Waals surface area contributed by atoms with Gasteiger partial charge in [-0.1, -0.05) is 62.8 Å². The van der Waals surface area contributed by atoms with Gasteiger partial charge in [0, 0.05) is 42.7 Å². The molecule has 1 heterocycles. The number of urea groups is 1. The van der Waals surface area contributed by atoms with E-state index < -0.39 is 6.09 Å². The quantitative estimate of drug-likeness (QED) is 0.335. The Kier molecular flexibility index (Phi) is 12.3. The Bertz CT molecular complexity index is 851. The van der Waals surface area contributed by atoms with Crippen molar-refractivity contribution in [3.8, 4) is 0 Å². The van der Waals surface area contributed by atoms with Gasteiger partial charge in [0.2, 0.25) is 0 Å². The second-order valence-corrected chi connectivity index (χ2v) is 10.9. The van der Waals surface area contributed by atoms with Crippen LogP contribution in [0.25, 0.3) is 0 Å². The van der Waals surface area contributed by atoms with Gasteiger partial charge in [-0.05, 0) is 49.3 Å². The van der Waals surface area contributed by atoms with E-state index in [4.69, 9.17) is 22.1 Å². The first-order valence-electron chi connectivity index (χ1n) is 13.9. The molecule has 0 aromatic heterocycles. The van der Waals surface area contributed by atoms with Gasteiger partial charge in [0.05, 0.1) is 19.8 Å². The average molecular weight is 537 g/mol. The maximum absolute atomic E-state index is 13.4. The summed E-state index contributed by atoms with van der Waals surface area (Å²) in [7, 11) is 1.33. The lowest BCUT2D eigenvalue weighted by Crippen LogP contribution is -2.54. The molecule has 3 rings (SSSR count). The Hall–Kier alpha value is -2.03. The number of carbonyl (C=O) groups excluding carboxylic acids is 2. The molecule has 2 fully saturated rings. The number of ether oxygens (including phenoxy) is 2. The standard InChI is InChI=1S/C28H45ClN4O4/c1-3-24(30)25(17-20-9-5-4-6-10-20)32-27(34)33-15-8-12-22(19-33)26(21-11-7-13-23(29)18-21)37-16-14-31-28(35)36-2/h7,11,13,18,20,22,24-26H,3-6,8-10,12,14-17,19,30H2,1-2H3,(H,31,35)(H,32,34). The summed E-state index contributed by atoms with van der Waals surface area (Å²) in [5.41, 5.74) is 7.45. The van der Waals surface area contributed by atoms with Crippen molar-refractivity contribution >= 4 is 23.7 Å². The van der Waals surface area contributed by atoms with Crippen LogP contribution < -0.4 is 16.4 Å². The molecular formula is C28H45ClN4O4. The van der Waals surface area contributed by atoms with Gasteiger partial charge in [-0.3, -0.25) is 0 Å². The van der Waals surface area contributed by atoms with Gasteiger partial charge in [0.25, 0.3) is 0 Å². The van der Waals surface area contributed by atoms with Crippen LogP contribution in [-0.4, -0.2) is 62.5 Å². The summed E-state index contributed by atoms with van der Waals surface area (Å²) >= 11 is 6.29. The highest BCUT2D eigenvalue weighted by molar-refractivity contribution is 6.30. The van der Waals surface area contributed by atoms with E-state index in [1.165, 1.54) is 39.2 Å². The van der Waals surface area contributed by atoms with Gasteiger partial charge in [-0.25, -0.2) is 9.59 Å². The summed E-state index contributed by atoms with van der Waals surface area (Å²) in [6.07, 6.45) is 9.23. The number of carbonyl (C=O) groups is 2. The molecule has 9 heteroatoms. The number of piperidine rings is 1. The fraction of sp³-hybridized carbons (Fsp3) is 0.714. The van der Waals surface area contributed by atoms with Crippen molar-refractivity contribution in [3.05, 3.63) is 34.9 Å². The van der Waals surface area contributed by atoms with Crippen molar-refractivity contribution in [1.82, 2.24) is 15.5 Å². The first-order chi connectivity index (χ1) is 17.9. The maximum atomic E-state index is 13.4. The van der Waals surface area contributed by atoms with Crippen LogP contribution >= 0.6 is 11.6 Å². The molecule has 0 radical (unpaired) electrons. The minimum absolute atomic E-state index is 0.00894. The van der Waals surface area contributed by atoms with Crippen molar-refractivity contribution < 1.29 is 19.1 Å². The fourth-order valence-corrected chi connectivity index (χ4v) is 5.90. The van der Waals surface area contributed by atoms with E-state index in [-0.39, 0.29) is 30.1 Å². The Morgan fingerprint density at radius 2 is 1.97 bits per heavy atom. The monoisotopic (exact) mass is 536 g/mol. The number of nitrogens with zero attached hydrogens (tertiary/aromatic N) is 1. The number of methoxy groups -OCH3 is 1. The molecule has 1 saturated carbocycles. The van der Waals surface area contributed by atoms with Crippen LogP contribution in [-0.2, 0) is 9.47 Å². The Morgan fingerprint density at radius 1 is 1.19 bits per heavy atom. The van der Waals surface area contributed by atoms with Gasteiger partial charge in [0.15, 0.2) is 0 Å². The molecule has 1 aliphatic carbocycles. The lowest BCUT2D eigenvalue weighted by molar-refractivity contribution is -0.00870. The lowest BCUT2D eigenvalue weighted by Gasteiger charge is -2.38. The molecular weight excluding hydrogens is 492 g/mol. The normalized spacial score (nSPS) is 21.1. The van der Waals surface area contributed by atoms with E-state index in [9.17, 15) is 9.59 Å². The SMILES string of the molecule is CCC(N)C(CC1CCCCC1)NC(=O)N1CCCC(C(OCCNC(=O)OC)c2cccc(Cl)c2)C1. The third-order valence-electron chi connectivity index (χ3n) is 7.81. The molecule has 1 aliphatic heterocycles. The number of likely N-dealkylation sites (tertiary alicyclic amines) is 1. The molecule has 3 amide bonds. The highest BCUT2D eigenvalue weighted by Gasteiger charge is 2.33. The fourth-order valence-electron chi connectivity index (χ4n) is 5.70. The Morgan fingerprint density at radius 3 is 2.68 bits per heavy atom. The van der Waals surface area contributed by atoms with E-state index in [0.29, 0.717) is 37.2 Å². The van der Waals surface area contributed by atoms with E-state index in [0.717, 1.165) is 31.2 Å². The van der Waals surface area contributed by atoms with E-state index in [1.807, 2.05) is 29.2 Å². The third kappa shape index (κ3) is 9.34. The molecule has 208 valence electrons. The van der Waals surface area contributed by atoms with Crippen LogP contribution in [0, 0.1) is 11.8 Å². The molecule has 37 heavy (non-hydrogen) atoms. The van der Waals surface area contributed by atoms with E-state index in [1.54, 1.807) is 0 Å². The zero-order chi connectivity index (χ0) is 26.6. The zero-order valence-electron chi connectivity index (χ0n) is 22.4. The molecule has 1 saturated heterocycles. The zero-order valence-corrected chi connectivity index (χ0v) is 23.2. The number of hydrogen-bond donors (Lipinski definition) is 3. The first kappa shape index (κ1) is 29.5. The van der Waals surface area contributed by atoms with Crippen molar-refractivity contribution in [2.75, 3.05) is 33.4 Å². The van der Waals surface area contributed by atoms with Crippen molar-refractivity contribution in [3.63, 3.8) is 0 Å². The summed E-state index contributed by atoms with van der Waals surface area (Å²) in [4.78, 5) is 26.8. The van der Waals surface area contributed by atoms with Gasteiger partial charge in [-0.15, -0.1) is 0 Å². The van der Waals surface area contributed by atoms with Crippen molar-refractivity contribution in [2.24, 2.45) is 17.6 Å². The highest BCUT2D eigenvalue weighted by atomic mass is 35.5. The van der Waals surface area contributed by atoms with Crippen LogP contribution in [0.2, 0.25) is 5.02 Å². The van der Waals surface area contributed by atoms with Gasteiger partial charge >= 0.3 is 12.1 Å². The number of alkyl carbamates (subject to hydrolysis) is 1. The van der Waals surface area contributed by atoms with Crippen molar-refractivity contribution in [1.29, 1.82) is 0 Å². The topological polar surface area (TPSA) is 106 Å². The van der Waals surface area contributed by atoms with Crippen LogP contribution in [0.1, 0.15) is 76.4 Å². The summed E-state index contributed by atoms with van der Waals surface area (Å²) < 4.78 is 10.9. The molecule has 0 spiro atoms. The van der Waals surface area contributed by atoms with Crippen LogP contribution in [0.3, 0.4) is 0 Å². The largest absolute Gasteiger partial charge is 0.453 e. The molecule has 4 unspecified atom stereocenters. The predicted molar refractivity (Wildman–Crippen MR) is 147 cm³/mol. The Balaban J connectivity index is 1.65. The highest BCUT2D eigenvalue weighted by Crippen LogP contribution is 2.34. The summed E-state index contributed by atoms with van der Waals surface area (Å²) in [5.74, 6) is 0.748. The summed E-state index contributed by atoms with van der Waals surface area (Å²) in [6, 6.07) is 7.58. The molecule has 0 bridgehead atoms.